The average Bonchev–Trinajstić information content (AvgIpc) is 2.28. The molecule has 1 aromatic rings. The molecule has 1 rings (SSSR count). The van der Waals surface area contributed by atoms with Gasteiger partial charge in [0.05, 0.1) is 11.2 Å². The molecule has 1 atom stereocenters. The molecule has 0 saturated heterocycles. The highest BCUT2D eigenvalue weighted by molar-refractivity contribution is 5.97. The standard InChI is InChI=1S/C14H21NO4/c1-9(2)7-14(3,19)8-15-13(18)10-5-4-6-11(16)12(10)17/h4-6,9,16-17,19H,7-8H2,1-3H3,(H,15,18). The predicted octanol–water partition coefficient (Wildman–Crippen LogP) is 1.62. The van der Waals surface area contributed by atoms with Gasteiger partial charge >= 0.3 is 0 Å². The first-order valence-electron chi connectivity index (χ1n) is 6.24. The molecule has 5 heteroatoms. The third kappa shape index (κ3) is 4.44. The van der Waals surface area contributed by atoms with E-state index in [1.54, 1.807) is 6.92 Å². The molecule has 1 amide bonds. The molecule has 4 N–H and O–H groups in total. The van der Waals surface area contributed by atoms with Crippen molar-refractivity contribution in [1.29, 1.82) is 0 Å². The van der Waals surface area contributed by atoms with Gasteiger partial charge in [0, 0.05) is 6.54 Å². The van der Waals surface area contributed by atoms with Crippen molar-refractivity contribution in [3.8, 4) is 11.5 Å². The minimum absolute atomic E-state index is 0.0136. The molecule has 0 aromatic heterocycles. The van der Waals surface area contributed by atoms with E-state index < -0.39 is 17.3 Å². The Labute approximate surface area is 112 Å². The van der Waals surface area contributed by atoms with Crippen LogP contribution in [-0.4, -0.2) is 33.4 Å². The fraction of sp³-hybridized carbons (Fsp3) is 0.500. The number of hydrogen-bond donors (Lipinski definition) is 4. The van der Waals surface area contributed by atoms with Gasteiger partial charge in [0.1, 0.15) is 0 Å². The average molecular weight is 267 g/mol. The molecular formula is C14H21NO4. The molecule has 106 valence electrons. The quantitative estimate of drug-likeness (QED) is 0.610. The lowest BCUT2D eigenvalue weighted by Crippen LogP contribution is -2.41. The zero-order chi connectivity index (χ0) is 14.6. The summed E-state index contributed by atoms with van der Waals surface area (Å²) in [5.74, 6) is -1.02. The molecule has 0 radical (unpaired) electrons. The molecular weight excluding hydrogens is 246 g/mol. The normalized spacial score (nSPS) is 14.2. The third-order valence-electron chi connectivity index (χ3n) is 2.74. The number of aromatic hydroxyl groups is 2. The van der Waals surface area contributed by atoms with Crippen molar-refractivity contribution < 1.29 is 20.1 Å². The number of phenolic OH excluding ortho intramolecular Hbond substituents is 2. The van der Waals surface area contributed by atoms with Gasteiger partial charge in [-0.3, -0.25) is 4.79 Å². The van der Waals surface area contributed by atoms with Crippen molar-refractivity contribution in [3.05, 3.63) is 23.8 Å². The maximum absolute atomic E-state index is 11.9. The van der Waals surface area contributed by atoms with E-state index in [1.165, 1.54) is 18.2 Å². The lowest BCUT2D eigenvalue weighted by Gasteiger charge is -2.25. The summed E-state index contributed by atoms with van der Waals surface area (Å²) in [5, 5.41) is 31.5. The van der Waals surface area contributed by atoms with Gasteiger partial charge in [0.15, 0.2) is 11.5 Å². The second-order valence-electron chi connectivity index (χ2n) is 5.45. The number of rotatable bonds is 5. The van der Waals surface area contributed by atoms with Crippen molar-refractivity contribution in [2.24, 2.45) is 5.92 Å². The number of para-hydroxylation sites is 1. The molecule has 0 saturated carbocycles. The van der Waals surface area contributed by atoms with Crippen molar-refractivity contribution in [2.75, 3.05) is 6.54 Å². The van der Waals surface area contributed by atoms with Gasteiger partial charge in [-0.05, 0) is 31.4 Å². The molecule has 0 aliphatic carbocycles. The van der Waals surface area contributed by atoms with Gasteiger partial charge in [-0.1, -0.05) is 19.9 Å². The van der Waals surface area contributed by atoms with Gasteiger partial charge in [-0.25, -0.2) is 0 Å². The van der Waals surface area contributed by atoms with Crippen molar-refractivity contribution in [1.82, 2.24) is 5.32 Å². The summed E-state index contributed by atoms with van der Waals surface area (Å²) >= 11 is 0. The first kappa shape index (κ1) is 15.3. The maximum atomic E-state index is 11.9. The van der Waals surface area contributed by atoms with Crippen molar-refractivity contribution >= 4 is 5.91 Å². The van der Waals surface area contributed by atoms with Crippen LogP contribution < -0.4 is 5.32 Å². The highest BCUT2D eigenvalue weighted by atomic mass is 16.3. The topological polar surface area (TPSA) is 89.8 Å². The zero-order valence-corrected chi connectivity index (χ0v) is 11.5. The van der Waals surface area contributed by atoms with Crippen molar-refractivity contribution in [2.45, 2.75) is 32.8 Å². The fourth-order valence-corrected chi connectivity index (χ4v) is 2.03. The number of phenols is 2. The van der Waals surface area contributed by atoms with Gasteiger partial charge in [-0.15, -0.1) is 0 Å². The molecule has 0 spiro atoms. The Hall–Kier alpha value is -1.75. The molecule has 0 fully saturated rings. The largest absolute Gasteiger partial charge is 0.504 e. The fourth-order valence-electron chi connectivity index (χ4n) is 2.03. The second kappa shape index (κ2) is 5.93. The summed E-state index contributed by atoms with van der Waals surface area (Å²) in [6, 6.07) is 4.17. The number of amides is 1. The highest BCUT2D eigenvalue weighted by Gasteiger charge is 2.23. The third-order valence-corrected chi connectivity index (χ3v) is 2.74. The molecule has 0 heterocycles. The predicted molar refractivity (Wildman–Crippen MR) is 72.2 cm³/mol. The summed E-state index contributed by atoms with van der Waals surface area (Å²) in [5.41, 5.74) is -1.02. The van der Waals surface area contributed by atoms with E-state index in [2.05, 4.69) is 5.32 Å². The van der Waals surface area contributed by atoms with E-state index >= 15 is 0 Å². The van der Waals surface area contributed by atoms with Crippen LogP contribution in [0.2, 0.25) is 0 Å². The van der Waals surface area contributed by atoms with Crippen LogP contribution in [0, 0.1) is 5.92 Å². The zero-order valence-electron chi connectivity index (χ0n) is 11.5. The first-order valence-corrected chi connectivity index (χ1v) is 6.24. The Morgan fingerprint density at radius 1 is 1.37 bits per heavy atom. The molecule has 0 aliphatic rings. The monoisotopic (exact) mass is 267 g/mol. The Morgan fingerprint density at radius 3 is 2.58 bits per heavy atom. The van der Waals surface area contributed by atoms with Gasteiger partial charge < -0.3 is 20.6 Å². The maximum Gasteiger partial charge on any atom is 0.255 e. The lowest BCUT2D eigenvalue weighted by atomic mass is 9.94. The molecule has 19 heavy (non-hydrogen) atoms. The summed E-state index contributed by atoms with van der Waals surface area (Å²) in [4.78, 5) is 11.9. The van der Waals surface area contributed by atoms with E-state index in [0.717, 1.165) is 0 Å². The summed E-state index contributed by atoms with van der Waals surface area (Å²) in [6.45, 7) is 5.70. The van der Waals surface area contributed by atoms with E-state index in [0.29, 0.717) is 12.3 Å². The molecule has 1 aromatic carbocycles. The minimum Gasteiger partial charge on any atom is -0.504 e. The first-order chi connectivity index (χ1) is 8.73. The van der Waals surface area contributed by atoms with Crippen molar-refractivity contribution in [3.63, 3.8) is 0 Å². The van der Waals surface area contributed by atoms with Gasteiger partial charge in [0.2, 0.25) is 0 Å². The van der Waals surface area contributed by atoms with Crippen LogP contribution in [0.4, 0.5) is 0 Å². The van der Waals surface area contributed by atoms with Crippen LogP contribution in [0.25, 0.3) is 0 Å². The molecule has 5 nitrogen and oxygen atoms in total. The van der Waals surface area contributed by atoms with E-state index in [4.69, 9.17) is 0 Å². The molecule has 0 aliphatic heterocycles. The Morgan fingerprint density at radius 2 is 2.00 bits per heavy atom. The van der Waals surface area contributed by atoms with Crippen LogP contribution in [-0.2, 0) is 0 Å². The molecule has 1 unspecified atom stereocenters. The van der Waals surface area contributed by atoms with E-state index in [9.17, 15) is 20.1 Å². The van der Waals surface area contributed by atoms with E-state index in [1.807, 2.05) is 13.8 Å². The summed E-state index contributed by atoms with van der Waals surface area (Å²) in [7, 11) is 0. The molecule has 0 bridgehead atoms. The number of benzene rings is 1. The summed E-state index contributed by atoms with van der Waals surface area (Å²) < 4.78 is 0. The minimum atomic E-state index is -1.00. The van der Waals surface area contributed by atoms with Crippen LogP contribution in [0.3, 0.4) is 0 Å². The number of hydrogen-bond acceptors (Lipinski definition) is 4. The number of carbonyl (C=O) groups is 1. The number of nitrogens with one attached hydrogen (secondary N) is 1. The van der Waals surface area contributed by atoms with Crippen LogP contribution >= 0.6 is 0 Å². The van der Waals surface area contributed by atoms with Crippen LogP contribution in [0.15, 0.2) is 18.2 Å². The highest BCUT2D eigenvalue weighted by Crippen LogP contribution is 2.28. The van der Waals surface area contributed by atoms with Crippen LogP contribution in [0.1, 0.15) is 37.6 Å². The Balaban J connectivity index is 2.68. The summed E-state index contributed by atoms with van der Waals surface area (Å²) in [6.07, 6.45) is 0.555. The van der Waals surface area contributed by atoms with Gasteiger partial charge in [0.25, 0.3) is 5.91 Å². The smallest absolute Gasteiger partial charge is 0.255 e. The van der Waals surface area contributed by atoms with E-state index in [-0.39, 0.29) is 17.9 Å². The number of carbonyl (C=O) groups excluding carboxylic acids is 1. The van der Waals surface area contributed by atoms with Gasteiger partial charge in [-0.2, -0.15) is 0 Å². The number of aliphatic hydroxyl groups is 1. The second-order valence-corrected chi connectivity index (χ2v) is 5.45. The van der Waals surface area contributed by atoms with Crippen LogP contribution in [0.5, 0.6) is 11.5 Å². The lowest BCUT2D eigenvalue weighted by molar-refractivity contribution is 0.0368. The SMILES string of the molecule is CC(C)CC(C)(O)CNC(=O)c1cccc(O)c1O. The Bertz CT molecular complexity index is 455. The Kier molecular flexibility index (Phi) is 4.78.